The summed E-state index contributed by atoms with van der Waals surface area (Å²) < 4.78 is 5.33. The summed E-state index contributed by atoms with van der Waals surface area (Å²) in [6.45, 7) is 0. The molecule has 3 rings (SSSR count). The van der Waals surface area contributed by atoms with Gasteiger partial charge in [-0.05, 0) is 35.9 Å². The van der Waals surface area contributed by atoms with Gasteiger partial charge < -0.3 is 10.1 Å². The number of esters is 1. The number of hydrogen-bond acceptors (Lipinski definition) is 3. The zero-order valence-corrected chi connectivity index (χ0v) is 12.0. The van der Waals surface area contributed by atoms with Gasteiger partial charge in [0.15, 0.2) is 0 Å². The monoisotopic (exact) mass is 299 g/mol. The van der Waals surface area contributed by atoms with Gasteiger partial charge in [0.25, 0.3) is 0 Å². The van der Waals surface area contributed by atoms with Crippen molar-refractivity contribution in [1.29, 1.82) is 0 Å². The second-order valence-electron chi connectivity index (χ2n) is 4.80. The first-order valence-corrected chi connectivity index (χ1v) is 7.06. The molecule has 4 heteroatoms. The van der Waals surface area contributed by atoms with E-state index in [0.29, 0.717) is 5.02 Å². The number of rotatable bonds is 4. The predicted octanol–water partition coefficient (Wildman–Crippen LogP) is 3.97. The van der Waals surface area contributed by atoms with Crippen molar-refractivity contribution in [3.63, 3.8) is 0 Å². The molecule has 2 atom stereocenters. The minimum Gasteiger partial charge on any atom is -0.452 e. The average molecular weight is 300 g/mol. The summed E-state index contributed by atoms with van der Waals surface area (Å²) in [7, 11) is 0. The molecule has 0 aromatic heterocycles. The first-order valence-electron chi connectivity index (χ1n) is 6.68. The number of para-hydroxylation sites is 1. The molecule has 0 fully saturated rings. The SMILES string of the molecule is O=C1C=C[C@@H]([C@H](Nc2ccccc2)c2ccc(Cl)cc2)O1. The van der Waals surface area contributed by atoms with Crippen molar-refractivity contribution < 1.29 is 9.53 Å². The molecule has 0 aliphatic carbocycles. The molecule has 0 unspecified atom stereocenters. The Labute approximate surface area is 128 Å². The normalized spacial score (nSPS) is 18.3. The van der Waals surface area contributed by atoms with Gasteiger partial charge in [-0.3, -0.25) is 0 Å². The lowest BCUT2D eigenvalue weighted by atomic mass is 10.0. The van der Waals surface area contributed by atoms with Gasteiger partial charge in [0, 0.05) is 16.8 Å². The van der Waals surface area contributed by atoms with Crippen molar-refractivity contribution >= 4 is 23.3 Å². The van der Waals surface area contributed by atoms with Crippen LogP contribution in [0.2, 0.25) is 5.02 Å². The summed E-state index contributed by atoms with van der Waals surface area (Å²) in [5.41, 5.74) is 1.97. The Bertz CT molecular complexity index is 652. The Morgan fingerprint density at radius 1 is 1.05 bits per heavy atom. The second kappa shape index (κ2) is 6.02. The fraction of sp³-hybridized carbons (Fsp3) is 0.118. The Morgan fingerprint density at radius 3 is 2.38 bits per heavy atom. The van der Waals surface area contributed by atoms with Crippen molar-refractivity contribution in [2.45, 2.75) is 12.1 Å². The number of ether oxygens (including phenoxy) is 1. The van der Waals surface area contributed by atoms with Crippen LogP contribution in [0.3, 0.4) is 0 Å². The molecular formula is C17H14ClNO2. The molecule has 1 N–H and O–H groups in total. The van der Waals surface area contributed by atoms with Gasteiger partial charge in [-0.15, -0.1) is 0 Å². The highest BCUT2D eigenvalue weighted by atomic mass is 35.5. The van der Waals surface area contributed by atoms with Crippen LogP contribution in [-0.4, -0.2) is 12.1 Å². The summed E-state index contributed by atoms with van der Waals surface area (Å²) in [6.07, 6.45) is 2.90. The lowest BCUT2D eigenvalue weighted by molar-refractivity contribution is -0.139. The maximum absolute atomic E-state index is 11.3. The molecule has 2 aromatic carbocycles. The van der Waals surface area contributed by atoms with Gasteiger partial charge in [0.2, 0.25) is 0 Å². The molecule has 106 valence electrons. The second-order valence-corrected chi connectivity index (χ2v) is 5.24. The van der Waals surface area contributed by atoms with E-state index in [1.807, 2.05) is 54.6 Å². The van der Waals surface area contributed by atoms with Crippen LogP contribution >= 0.6 is 11.6 Å². The molecule has 2 aromatic rings. The fourth-order valence-electron chi connectivity index (χ4n) is 2.30. The Kier molecular flexibility index (Phi) is 3.93. The molecule has 0 spiro atoms. The van der Waals surface area contributed by atoms with E-state index in [0.717, 1.165) is 11.3 Å². The van der Waals surface area contributed by atoms with Crippen LogP contribution < -0.4 is 5.32 Å². The van der Waals surface area contributed by atoms with E-state index in [1.165, 1.54) is 6.08 Å². The van der Waals surface area contributed by atoms with Gasteiger partial charge in [-0.2, -0.15) is 0 Å². The third kappa shape index (κ3) is 3.26. The first-order chi connectivity index (χ1) is 10.2. The lowest BCUT2D eigenvalue weighted by Gasteiger charge is -2.24. The molecule has 21 heavy (non-hydrogen) atoms. The zero-order chi connectivity index (χ0) is 14.7. The van der Waals surface area contributed by atoms with E-state index in [2.05, 4.69) is 5.32 Å². The topological polar surface area (TPSA) is 38.3 Å². The number of nitrogens with one attached hydrogen (secondary N) is 1. The highest BCUT2D eigenvalue weighted by Gasteiger charge is 2.27. The van der Waals surface area contributed by atoms with Gasteiger partial charge in [0.05, 0.1) is 6.04 Å². The number of cyclic esters (lactones) is 1. The summed E-state index contributed by atoms with van der Waals surface area (Å²) in [6, 6.07) is 17.2. The maximum Gasteiger partial charge on any atom is 0.331 e. The van der Waals surface area contributed by atoms with Crippen molar-refractivity contribution in [2.75, 3.05) is 5.32 Å². The number of halogens is 1. The smallest absolute Gasteiger partial charge is 0.331 e. The van der Waals surface area contributed by atoms with E-state index in [4.69, 9.17) is 16.3 Å². The Hall–Kier alpha value is -2.26. The van der Waals surface area contributed by atoms with Gasteiger partial charge in [-0.1, -0.05) is 41.9 Å². The Morgan fingerprint density at radius 2 is 1.76 bits per heavy atom. The molecule has 1 aliphatic heterocycles. The maximum atomic E-state index is 11.3. The van der Waals surface area contributed by atoms with Crippen LogP contribution in [0.5, 0.6) is 0 Å². The molecule has 3 nitrogen and oxygen atoms in total. The fourth-order valence-corrected chi connectivity index (χ4v) is 2.43. The van der Waals surface area contributed by atoms with Gasteiger partial charge in [0.1, 0.15) is 6.10 Å². The van der Waals surface area contributed by atoms with Crippen LogP contribution in [-0.2, 0) is 9.53 Å². The van der Waals surface area contributed by atoms with E-state index in [-0.39, 0.29) is 18.1 Å². The van der Waals surface area contributed by atoms with Crippen LogP contribution in [0.1, 0.15) is 11.6 Å². The number of hydrogen-bond donors (Lipinski definition) is 1. The lowest BCUT2D eigenvalue weighted by Crippen LogP contribution is -2.25. The minimum atomic E-state index is -0.334. The molecule has 0 amide bonds. The number of carbonyl (C=O) groups excluding carboxylic acids is 1. The number of carbonyl (C=O) groups is 1. The van der Waals surface area contributed by atoms with Gasteiger partial charge in [-0.25, -0.2) is 4.79 Å². The van der Waals surface area contributed by atoms with Crippen LogP contribution in [0.15, 0.2) is 66.7 Å². The summed E-state index contributed by atoms with van der Waals surface area (Å²) >= 11 is 5.94. The highest BCUT2D eigenvalue weighted by molar-refractivity contribution is 6.30. The minimum absolute atomic E-state index is 0.160. The van der Waals surface area contributed by atoms with Crippen molar-refractivity contribution in [3.8, 4) is 0 Å². The standard InChI is InChI=1S/C17H14ClNO2/c18-13-8-6-12(7-9-13)17(15-10-11-16(20)21-15)19-14-4-2-1-3-5-14/h1-11,15,17,19H/t15-,17+/m0/s1. The van der Waals surface area contributed by atoms with Crippen molar-refractivity contribution in [1.82, 2.24) is 0 Å². The highest BCUT2D eigenvalue weighted by Crippen LogP contribution is 2.28. The predicted molar refractivity (Wildman–Crippen MR) is 83.3 cm³/mol. The van der Waals surface area contributed by atoms with E-state index in [1.54, 1.807) is 6.08 Å². The van der Waals surface area contributed by atoms with Crippen LogP contribution in [0, 0.1) is 0 Å². The summed E-state index contributed by atoms with van der Waals surface area (Å²) in [5.74, 6) is -0.311. The quantitative estimate of drug-likeness (QED) is 0.868. The van der Waals surface area contributed by atoms with Crippen molar-refractivity contribution in [3.05, 3.63) is 77.3 Å². The molecule has 0 bridgehead atoms. The molecule has 0 saturated carbocycles. The summed E-state index contributed by atoms with van der Waals surface area (Å²) in [5, 5.41) is 4.08. The van der Waals surface area contributed by atoms with Crippen molar-refractivity contribution in [2.24, 2.45) is 0 Å². The molecular weight excluding hydrogens is 286 g/mol. The summed E-state index contributed by atoms with van der Waals surface area (Å²) in [4.78, 5) is 11.3. The number of benzene rings is 2. The third-order valence-electron chi connectivity index (χ3n) is 3.33. The van der Waals surface area contributed by atoms with E-state index >= 15 is 0 Å². The van der Waals surface area contributed by atoms with E-state index in [9.17, 15) is 4.79 Å². The van der Waals surface area contributed by atoms with Gasteiger partial charge >= 0.3 is 5.97 Å². The largest absolute Gasteiger partial charge is 0.452 e. The molecule has 0 saturated heterocycles. The third-order valence-corrected chi connectivity index (χ3v) is 3.58. The molecule has 0 radical (unpaired) electrons. The average Bonchev–Trinajstić information content (AvgIpc) is 2.93. The van der Waals surface area contributed by atoms with Crippen LogP contribution in [0.25, 0.3) is 0 Å². The van der Waals surface area contributed by atoms with E-state index < -0.39 is 0 Å². The number of anilines is 1. The van der Waals surface area contributed by atoms with Crippen LogP contribution in [0.4, 0.5) is 5.69 Å². The Balaban J connectivity index is 1.89. The first kappa shape index (κ1) is 13.7. The molecule has 1 aliphatic rings. The molecule has 1 heterocycles. The zero-order valence-electron chi connectivity index (χ0n) is 11.2.